The molecular weight excluding hydrogens is 312 g/mol. The van der Waals surface area contributed by atoms with Crippen molar-refractivity contribution in [1.82, 2.24) is 10.2 Å². The van der Waals surface area contributed by atoms with Gasteiger partial charge in [-0.25, -0.2) is 0 Å². The quantitative estimate of drug-likeness (QED) is 0.825. The Bertz CT molecular complexity index is 540. The van der Waals surface area contributed by atoms with Gasteiger partial charge in [-0.3, -0.25) is 9.69 Å². The van der Waals surface area contributed by atoms with Crippen LogP contribution in [0.2, 0.25) is 0 Å². The molecule has 1 saturated heterocycles. The molecule has 1 saturated carbocycles. The molecule has 0 unspecified atom stereocenters. The van der Waals surface area contributed by atoms with Crippen LogP contribution in [-0.4, -0.2) is 43.7 Å². The molecule has 0 radical (unpaired) electrons. The van der Waals surface area contributed by atoms with Crippen LogP contribution in [0.3, 0.4) is 0 Å². The van der Waals surface area contributed by atoms with Crippen molar-refractivity contribution >= 4 is 5.91 Å². The molecular formula is C21H32N2O2. The van der Waals surface area contributed by atoms with Crippen LogP contribution in [0.4, 0.5) is 0 Å². The van der Waals surface area contributed by atoms with Gasteiger partial charge in [-0.2, -0.15) is 0 Å². The van der Waals surface area contributed by atoms with E-state index in [1.54, 1.807) is 7.11 Å². The van der Waals surface area contributed by atoms with Crippen LogP contribution in [0.1, 0.15) is 50.5 Å². The normalized spacial score (nSPS) is 23.5. The molecule has 138 valence electrons. The van der Waals surface area contributed by atoms with Crippen molar-refractivity contribution in [1.29, 1.82) is 0 Å². The van der Waals surface area contributed by atoms with Gasteiger partial charge in [0.1, 0.15) is 0 Å². The molecule has 3 rings (SSSR count). The number of ether oxygens (including phenoxy) is 1. The van der Waals surface area contributed by atoms with Crippen LogP contribution in [0.15, 0.2) is 30.3 Å². The molecule has 1 amide bonds. The zero-order valence-electron chi connectivity index (χ0n) is 15.5. The first-order chi connectivity index (χ1) is 12.2. The average Bonchev–Trinajstić information content (AvgIpc) is 3.10. The Labute approximate surface area is 151 Å². The van der Waals surface area contributed by atoms with Crippen molar-refractivity contribution in [3.63, 3.8) is 0 Å². The van der Waals surface area contributed by atoms with Crippen molar-refractivity contribution in [2.24, 2.45) is 5.41 Å². The van der Waals surface area contributed by atoms with Crippen LogP contribution < -0.4 is 5.32 Å². The number of carbonyl (C=O) groups is 1. The zero-order valence-corrected chi connectivity index (χ0v) is 15.5. The predicted octanol–water partition coefficient (Wildman–Crippen LogP) is 3.36. The lowest BCUT2D eigenvalue weighted by molar-refractivity contribution is -0.128. The first-order valence-corrected chi connectivity index (χ1v) is 9.77. The average molecular weight is 344 g/mol. The highest BCUT2D eigenvalue weighted by Crippen LogP contribution is 2.37. The molecule has 1 aromatic rings. The van der Waals surface area contributed by atoms with E-state index in [4.69, 9.17) is 4.74 Å². The standard InChI is InChI=1S/C21H32N2O2/c1-25-17-21(12-6-7-13-21)16-22-20(24)19-11-5-8-14-23(19)15-18-9-3-2-4-10-18/h2-4,9-10,19H,5-8,11-17H2,1H3,(H,22,24)/t19-/m1/s1. The molecule has 1 aromatic carbocycles. The van der Waals surface area contributed by atoms with Gasteiger partial charge >= 0.3 is 0 Å². The maximum atomic E-state index is 12.9. The maximum Gasteiger partial charge on any atom is 0.237 e. The van der Waals surface area contributed by atoms with E-state index in [1.807, 2.05) is 6.07 Å². The third kappa shape index (κ3) is 4.83. The van der Waals surface area contributed by atoms with E-state index in [-0.39, 0.29) is 17.4 Å². The molecule has 0 bridgehead atoms. The van der Waals surface area contributed by atoms with Crippen molar-refractivity contribution in [2.45, 2.75) is 57.5 Å². The number of hydrogen-bond acceptors (Lipinski definition) is 3. The second kappa shape index (κ2) is 8.81. The molecule has 2 aliphatic rings. The summed E-state index contributed by atoms with van der Waals surface area (Å²) < 4.78 is 5.45. The second-order valence-electron chi connectivity index (χ2n) is 7.83. The van der Waals surface area contributed by atoms with Gasteiger partial charge in [0.25, 0.3) is 0 Å². The van der Waals surface area contributed by atoms with E-state index in [0.29, 0.717) is 0 Å². The Balaban J connectivity index is 1.58. The van der Waals surface area contributed by atoms with Gasteiger partial charge in [0.05, 0.1) is 12.6 Å². The summed E-state index contributed by atoms with van der Waals surface area (Å²) in [5.74, 6) is 0.206. The van der Waals surface area contributed by atoms with Gasteiger partial charge in [-0.1, -0.05) is 49.6 Å². The van der Waals surface area contributed by atoms with Crippen LogP contribution in [0, 0.1) is 5.41 Å². The minimum atomic E-state index is 0.00922. The number of methoxy groups -OCH3 is 1. The zero-order chi connectivity index (χ0) is 17.5. The van der Waals surface area contributed by atoms with Crippen molar-refractivity contribution in [3.05, 3.63) is 35.9 Å². The fourth-order valence-corrected chi connectivity index (χ4v) is 4.49. The molecule has 0 aromatic heterocycles. The van der Waals surface area contributed by atoms with E-state index in [0.717, 1.165) is 39.1 Å². The number of hydrogen-bond donors (Lipinski definition) is 1. The van der Waals surface area contributed by atoms with E-state index in [1.165, 1.54) is 37.7 Å². The van der Waals surface area contributed by atoms with Crippen molar-refractivity contribution in [3.8, 4) is 0 Å². The molecule has 1 aliphatic carbocycles. The van der Waals surface area contributed by atoms with Crippen molar-refractivity contribution < 1.29 is 9.53 Å². The topological polar surface area (TPSA) is 41.6 Å². The third-order valence-corrected chi connectivity index (χ3v) is 5.90. The highest BCUT2D eigenvalue weighted by Gasteiger charge is 2.36. The molecule has 4 nitrogen and oxygen atoms in total. The summed E-state index contributed by atoms with van der Waals surface area (Å²) in [4.78, 5) is 15.3. The summed E-state index contributed by atoms with van der Waals surface area (Å²) >= 11 is 0. The molecule has 1 aliphatic heterocycles. The largest absolute Gasteiger partial charge is 0.384 e. The van der Waals surface area contributed by atoms with E-state index >= 15 is 0 Å². The lowest BCUT2D eigenvalue weighted by Crippen LogP contribution is -2.51. The summed E-state index contributed by atoms with van der Waals surface area (Å²) in [6, 6.07) is 10.5. The number of piperidine rings is 1. The van der Waals surface area contributed by atoms with Gasteiger partial charge in [-0.05, 0) is 37.8 Å². The number of carbonyl (C=O) groups excluding carboxylic acids is 1. The van der Waals surface area contributed by atoms with Gasteiger partial charge in [-0.15, -0.1) is 0 Å². The van der Waals surface area contributed by atoms with Crippen molar-refractivity contribution in [2.75, 3.05) is 26.8 Å². The van der Waals surface area contributed by atoms with Crippen LogP contribution >= 0.6 is 0 Å². The molecule has 4 heteroatoms. The van der Waals surface area contributed by atoms with Crippen LogP contribution in [-0.2, 0) is 16.1 Å². The van der Waals surface area contributed by atoms with Gasteiger partial charge < -0.3 is 10.1 Å². The second-order valence-corrected chi connectivity index (χ2v) is 7.83. The number of benzene rings is 1. The summed E-state index contributed by atoms with van der Waals surface area (Å²) in [6.45, 7) is 3.39. The Kier molecular flexibility index (Phi) is 6.49. The number of nitrogens with zero attached hydrogens (tertiary/aromatic N) is 1. The van der Waals surface area contributed by atoms with Gasteiger partial charge in [0, 0.05) is 25.6 Å². The summed E-state index contributed by atoms with van der Waals surface area (Å²) in [7, 11) is 1.77. The first-order valence-electron chi connectivity index (χ1n) is 9.77. The van der Waals surface area contributed by atoms with Gasteiger partial charge in [0.2, 0.25) is 5.91 Å². The number of likely N-dealkylation sites (tertiary alicyclic amines) is 1. The molecule has 0 spiro atoms. The van der Waals surface area contributed by atoms with E-state index < -0.39 is 0 Å². The number of rotatable bonds is 7. The summed E-state index contributed by atoms with van der Waals surface area (Å²) in [5, 5.41) is 3.28. The molecule has 1 N–H and O–H groups in total. The lowest BCUT2D eigenvalue weighted by atomic mass is 9.87. The smallest absolute Gasteiger partial charge is 0.237 e. The Morgan fingerprint density at radius 2 is 1.96 bits per heavy atom. The highest BCUT2D eigenvalue weighted by molar-refractivity contribution is 5.81. The van der Waals surface area contributed by atoms with Gasteiger partial charge in [0.15, 0.2) is 0 Å². The molecule has 2 fully saturated rings. The Hall–Kier alpha value is -1.39. The Morgan fingerprint density at radius 1 is 1.20 bits per heavy atom. The fourth-order valence-electron chi connectivity index (χ4n) is 4.49. The molecule has 25 heavy (non-hydrogen) atoms. The summed E-state index contributed by atoms with van der Waals surface area (Å²) in [6.07, 6.45) is 8.14. The molecule has 1 heterocycles. The SMILES string of the molecule is COCC1(CNC(=O)[C@H]2CCCCN2Cc2ccccc2)CCCC1. The van der Waals surface area contributed by atoms with Crippen LogP contribution in [0.5, 0.6) is 0 Å². The maximum absolute atomic E-state index is 12.9. The van der Waals surface area contributed by atoms with Crippen LogP contribution in [0.25, 0.3) is 0 Å². The lowest BCUT2D eigenvalue weighted by Gasteiger charge is -2.36. The minimum Gasteiger partial charge on any atom is -0.384 e. The minimum absolute atomic E-state index is 0.00922. The highest BCUT2D eigenvalue weighted by atomic mass is 16.5. The summed E-state index contributed by atoms with van der Waals surface area (Å²) in [5.41, 5.74) is 1.44. The third-order valence-electron chi connectivity index (χ3n) is 5.90. The Morgan fingerprint density at radius 3 is 2.68 bits per heavy atom. The fraction of sp³-hybridized carbons (Fsp3) is 0.667. The first kappa shape index (κ1) is 18.4. The predicted molar refractivity (Wildman–Crippen MR) is 100 cm³/mol. The molecule has 1 atom stereocenters. The van der Waals surface area contributed by atoms with E-state index in [2.05, 4.69) is 34.5 Å². The van der Waals surface area contributed by atoms with E-state index in [9.17, 15) is 4.79 Å². The number of amides is 1. The number of nitrogens with one attached hydrogen (secondary N) is 1. The monoisotopic (exact) mass is 344 g/mol.